The lowest BCUT2D eigenvalue weighted by atomic mass is 10.2. The molecular weight excluding hydrogens is 306 g/mol. The second-order valence-corrected chi connectivity index (χ2v) is 5.66. The van der Waals surface area contributed by atoms with E-state index in [1.54, 1.807) is 12.1 Å². The normalized spacial score (nSPS) is 10.8. The Hall–Kier alpha value is -1.91. The zero-order valence-electron chi connectivity index (χ0n) is 11.8. The van der Waals surface area contributed by atoms with Crippen molar-refractivity contribution in [2.75, 3.05) is 13.1 Å². The first-order chi connectivity index (χ1) is 10.0. The zero-order valence-corrected chi connectivity index (χ0v) is 13.4. The highest BCUT2D eigenvalue weighted by Crippen LogP contribution is 2.30. The predicted molar refractivity (Wildman–Crippen MR) is 89.8 cm³/mol. The van der Waals surface area contributed by atoms with Gasteiger partial charge in [0.05, 0.1) is 11.0 Å². The van der Waals surface area contributed by atoms with Crippen molar-refractivity contribution < 1.29 is 4.92 Å². The van der Waals surface area contributed by atoms with Crippen LogP contribution in [0, 0.1) is 21.4 Å². The lowest BCUT2D eigenvalue weighted by Gasteiger charge is -2.21. The van der Waals surface area contributed by atoms with Gasteiger partial charge in [-0.2, -0.15) is 5.26 Å². The van der Waals surface area contributed by atoms with Gasteiger partial charge in [0, 0.05) is 36.2 Å². The molecule has 1 aromatic rings. The van der Waals surface area contributed by atoms with E-state index in [0.717, 1.165) is 18.7 Å². The van der Waals surface area contributed by atoms with Crippen LogP contribution in [-0.4, -0.2) is 27.2 Å². The maximum Gasteiger partial charge on any atom is 0.269 e. The van der Waals surface area contributed by atoms with Gasteiger partial charge < -0.3 is 4.90 Å². The van der Waals surface area contributed by atoms with Crippen LogP contribution in [0.5, 0.6) is 0 Å². The lowest BCUT2D eigenvalue weighted by Crippen LogP contribution is -2.26. The predicted octanol–water partition coefficient (Wildman–Crippen LogP) is 3.82. The molecule has 0 bridgehead atoms. The van der Waals surface area contributed by atoms with Crippen molar-refractivity contribution in [3.05, 3.63) is 46.0 Å². The Morgan fingerprint density at radius 2 is 2.00 bits per heavy atom. The van der Waals surface area contributed by atoms with Crippen molar-refractivity contribution in [2.45, 2.75) is 13.8 Å². The number of benzene rings is 1. The minimum Gasteiger partial charge on any atom is -0.358 e. The number of nitriles is 1. The Kier molecular flexibility index (Phi) is 6.85. The van der Waals surface area contributed by atoms with Crippen LogP contribution in [0.25, 0.3) is 4.91 Å². The topological polar surface area (TPSA) is 70.2 Å². The van der Waals surface area contributed by atoms with Gasteiger partial charge in [-0.1, -0.05) is 24.0 Å². The second kappa shape index (κ2) is 8.39. The zero-order chi connectivity index (χ0) is 15.8. The first-order valence-corrected chi connectivity index (χ1v) is 7.57. The monoisotopic (exact) mass is 321 g/mol. The summed E-state index contributed by atoms with van der Waals surface area (Å²) >= 11 is 6.68. The Bertz CT molecular complexity index is 587. The average Bonchev–Trinajstić information content (AvgIpc) is 2.48. The number of allylic oxidation sites excluding steroid dienone is 1. The number of thiocarbonyl (C=S) groups is 1. The molecule has 0 saturated heterocycles. The van der Waals surface area contributed by atoms with E-state index in [2.05, 4.69) is 0 Å². The van der Waals surface area contributed by atoms with E-state index in [0.29, 0.717) is 9.23 Å². The molecule has 1 rings (SSSR count). The third-order valence-corrected chi connectivity index (χ3v) is 4.29. The molecule has 21 heavy (non-hydrogen) atoms. The van der Waals surface area contributed by atoms with Gasteiger partial charge in [-0.25, -0.2) is 0 Å². The summed E-state index contributed by atoms with van der Waals surface area (Å²) in [6.45, 7) is 5.61. The largest absolute Gasteiger partial charge is 0.358 e. The fraction of sp³-hybridized carbons (Fsp3) is 0.286. The number of non-ortho nitro benzene ring substituents is 1. The summed E-state index contributed by atoms with van der Waals surface area (Å²) in [6.07, 6.45) is 1.40. The summed E-state index contributed by atoms with van der Waals surface area (Å²) in [7, 11) is 0. The molecule has 0 radical (unpaired) electrons. The van der Waals surface area contributed by atoms with E-state index < -0.39 is 4.92 Å². The van der Waals surface area contributed by atoms with Crippen LogP contribution in [-0.2, 0) is 0 Å². The van der Waals surface area contributed by atoms with E-state index in [4.69, 9.17) is 17.5 Å². The van der Waals surface area contributed by atoms with E-state index in [1.807, 2.05) is 24.8 Å². The molecule has 1 aromatic carbocycles. The third-order valence-electron chi connectivity index (χ3n) is 2.78. The number of hydrogen-bond acceptors (Lipinski definition) is 5. The van der Waals surface area contributed by atoms with E-state index in [9.17, 15) is 10.1 Å². The van der Waals surface area contributed by atoms with Crippen LogP contribution in [0.15, 0.2) is 30.3 Å². The maximum atomic E-state index is 10.7. The number of nitro groups is 1. The summed E-state index contributed by atoms with van der Waals surface area (Å²) in [5.74, 6) is 0. The minimum atomic E-state index is -0.453. The number of nitrogens with zero attached hydrogens (tertiary/aromatic N) is 3. The Balaban J connectivity index is 2.98. The van der Waals surface area contributed by atoms with Crippen molar-refractivity contribution >= 4 is 38.9 Å². The fourth-order valence-corrected chi connectivity index (χ4v) is 3.09. The number of rotatable bonds is 5. The summed E-state index contributed by atoms with van der Waals surface area (Å²) in [5, 5.41) is 19.6. The minimum absolute atomic E-state index is 0.0198. The molecule has 0 aliphatic carbocycles. The van der Waals surface area contributed by atoms with Gasteiger partial charge in [-0.05, 0) is 31.5 Å². The quantitative estimate of drug-likeness (QED) is 0.355. The molecule has 5 nitrogen and oxygen atoms in total. The van der Waals surface area contributed by atoms with Gasteiger partial charge in [0.25, 0.3) is 5.69 Å². The lowest BCUT2D eigenvalue weighted by molar-refractivity contribution is -0.384. The SMILES string of the molecule is CCN(CC)C(=S)S/C(=C/C#N)c1ccc([N+](=O)[O-])cc1. The standard InChI is InChI=1S/C14H15N3O2S2/c1-3-16(4-2)14(20)21-13(9-10-15)11-5-7-12(8-6-11)17(18)19/h5-9H,3-4H2,1-2H3/b13-9+. The fourth-order valence-electron chi connectivity index (χ4n) is 1.62. The highest BCUT2D eigenvalue weighted by molar-refractivity contribution is 8.29. The Morgan fingerprint density at radius 3 is 2.43 bits per heavy atom. The highest BCUT2D eigenvalue weighted by atomic mass is 32.2. The van der Waals surface area contributed by atoms with Crippen molar-refractivity contribution in [2.24, 2.45) is 0 Å². The first-order valence-electron chi connectivity index (χ1n) is 6.34. The smallest absolute Gasteiger partial charge is 0.269 e. The molecule has 0 aliphatic rings. The molecule has 0 N–H and O–H groups in total. The summed E-state index contributed by atoms with van der Waals surface area (Å²) in [4.78, 5) is 12.9. The van der Waals surface area contributed by atoms with Gasteiger partial charge in [-0.3, -0.25) is 10.1 Å². The second-order valence-electron chi connectivity index (χ2n) is 3.98. The Labute approximate surface area is 133 Å². The number of thioether (sulfide) groups is 1. The summed E-state index contributed by atoms with van der Waals surface area (Å²) in [5.41, 5.74) is 0.757. The van der Waals surface area contributed by atoms with Gasteiger partial charge in [0.1, 0.15) is 4.32 Å². The van der Waals surface area contributed by atoms with E-state index in [1.165, 1.54) is 30.0 Å². The van der Waals surface area contributed by atoms with Crippen LogP contribution < -0.4 is 0 Å². The number of nitro benzene ring substituents is 1. The molecule has 7 heteroatoms. The molecular formula is C14H15N3O2S2. The van der Waals surface area contributed by atoms with Crippen LogP contribution in [0.1, 0.15) is 19.4 Å². The molecule has 0 spiro atoms. The van der Waals surface area contributed by atoms with Gasteiger partial charge in [-0.15, -0.1) is 0 Å². The molecule has 0 heterocycles. The van der Waals surface area contributed by atoms with Crippen molar-refractivity contribution in [1.29, 1.82) is 5.26 Å². The van der Waals surface area contributed by atoms with Crippen molar-refractivity contribution in [3.8, 4) is 6.07 Å². The van der Waals surface area contributed by atoms with Crippen LogP contribution >= 0.6 is 24.0 Å². The van der Waals surface area contributed by atoms with Crippen molar-refractivity contribution in [3.63, 3.8) is 0 Å². The van der Waals surface area contributed by atoms with Crippen LogP contribution in [0.3, 0.4) is 0 Å². The van der Waals surface area contributed by atoms with Gasteiger partial charge in [0.2, 0.25) is 0 Å². The summed E-state index contributed by atoms with van der Waals surface area (Å²) in [6, 6.07) is 8.07. The first kappa shape index (κ1) is 17.1. The van der Waals surface area contributed by atoms with Gasteiger partial charge >= 0.3 is 0 Å². The third kappa shape index (κ3) is 4.85. The molecule has 0 fully saturated rings. The van der Waals surface area contributed by atoms with Crippen molar-refractivity contribution in [1.82, 2.24) is 4.90 Å². The molecule has 0 aromatic heterocycles. The maximum absolute atomic E-state index is 10.7. The highest BCUT2D eigenvalue weighted by Gasteiger charge is 2.12. The van der Waals surface area contributed by atoms with Crippen LogP contribution in [0.4, 0.5) is 5.69 Å². The Morgan fingerprint density at radius 1 is 1.43 bits per heavy atom. The van der Waals surface area contributed by atoms with E-state index >= 15 is 0 Å². The number of hydrogen-bond donors (Lipinski definition) is 0. The molecule has 0 amide bonds. The van der Waals surface area contributed by atoms with Crippen LogP contribution in [0.2, 0.25) is 0 Å². The average molecular weight is 321 g/mol. The molecule has 0 atom stereocenters. The van der Waals surface area contributed by atoms with Gasteiger partial charge in [0.15, 0.2) is 0 Å². The molecule has 0 saturated carbocycles. The molecule has 110 valence electrons. The molecule has 0 aliphatic heterocycles. The van der Waals surface area contributed by atoms with E-state index in [-0.39, 0.29) is 5.69 Å². The summed E-state index contributed by atoms with van der Waals surface area (Å²) < 4.78 is 0.680. The molecule has 0 unspecified atom stereocenters.